The summed E-state index contributed by atoms with van der Waals surface area (Å²) >= 11 is 0. The third kappa shape index (κ3) is 0.951. The maximum atomic E-state index is 5.55. The SMILES string of the molecule is Nc1cc(-c2n[nH]c3c2CCC3)[nH]n1. The first-order valence-corrected chi connectivity index (χ1v) is 4.72. The number of aryl methyl sites for hydroxylation is 1. The van der Waals surface area contributed by atoms with Crippen LogP contribution in [0.15, 0.2) is 6.07 Å². The lowest BCUT2D eigenvalue weighted by atomic mass is 10.1. The smallest absolute Gasteiger partial charge is 0.145 e. The van der Waals surface area contributed by atoms with E-state index in [-0.39, 0.29) is 0 Å². The molecule has 0 atom stereocenters. The summed E-state index contributed by atoms with van der Waals surface area (Å²) in [5.74, 6) is 0.509. The van der Waals surface area contributed by atoms with Crippen molar-refractivity contribution in [2.75, 3.05) is 5.73 Å². The molecule has 4 N–H and O–H groups in total. The maximum Gasteiger partial charge on any atom is 0.145 e. The molecule has 2 heterocycles. The first-order valence-electron chi connectivity index (χ1n) is 4.72. The summed E-state index contributed by atoms with van der Waals surface area (Å²) in [7, 11) is 0. The van der Waals surface area contributed by atoms with Gasteiger partial charge in [-0.3, -0.25) is 10.2 Å². The first kappa shape index (κ1) is 7.61. The van der Waals surface area contributed by atoms with Gasteiger partial charge in [0.2, 0.25) is 0 Å². The minimum absolute atomic E-state index is 0.509. The summed E-state index contributed by atoms with van der Waals surface area (Å²) in [5.41, 5.74) is 10.00. The van der Waals surface area contributed by atoms with E-state index in [0.717, 1.165) is 24.2 Å². The minimum Gasteiger partial charge on any atom is -0.382 e. The Morgan fingerprint density at radius 2 is 2.14 bits per heavy atom. The van der Waals surface area contributed by atoms with Crippen LogP contribution in [0.2, 0.25) is 0 Å². The van der Waals surface area contributed by atoms with Crippen molar-refractivity contribution in [2.24, 2.45) is 0 Å². The van der Waals surface area contributed by atoms with Gasteiger partial charge in [-0.25, -0.2) is 0 Å². The normalized spacial score (nSPS) is 14.6. The molecule has 0 aromatic carbocycles. The van der Waals surface area contributed by atoms with E-state index in [2.05, 4.69) is 20.4 Å². The van der Waals surface area contributed by atoms with E-state index in [1.54, 1.807) is 0 Å². The molecule has 0 saturated heterocycles. The molecule has 0 spiro atoms. The van der Waals surface area contributed by atoms with Gasteiger partial charge in [0.15, 0.2) is 0 Å². The van der Waals surface area contributed by atoms with Crippen LogP contribution in [-0.4, -0.2) is 20.4 Å². The van der Waals surface area contributed by atoms with E-state index in [1.165, 1.54) is 17.7 Å². The second-order valence-corrected chi connectivity index (χ2v) is 3.59. The molecule has 0 radical (unpaired) electrons. The van der Waals surface area contributed by atoms with Crippen LogP contribution in [0, 0.1) is 0 Å². The van der Waals surface area contributed by atoms with E-state index in [4.69, 9.17) is 5.73 Å². The van der Waals surface area contributed by atoms with Crippen molar-refractivity contribution in [3.63, 3.8) is 0 Å². The molecule has 72 valence electrons. The van der Waals surface area contributed by atoms with Gasteiger partial charge in [0, 0.05) is 17.3 Å². The second-order valence-electron chi connectivity index (χ2n) is 3.59. The molecule has 0 aliphatic heterocycles. The average molecular weight is 189 g/mol. The molecule has 2 aromatic rings. The first-order chi connectivity index (χ1) is 6.84. The number of anilines is 1. The Balaban J connectivity index is 2.12. The van der Waals surface area contributed by atoms with Crippen molar-refractivity contribution >= 4 is 5.82 Å². The number of aromatic amines is 2. The van der Waals surface area contributed by atoms with Crippen LogP contribution in [-0.2, 0) is 12.8 Å². The van der Waals surface area contributed by atoms with Gasteiger partial charge in [-0.05, 0) is 19.3 Å². The fourth-order valence-corrected chi connectivity index (χ4v) is 2.00. The fourth-order valence-electron chi connectivity index (χ4n) is 2.00. The molecule has 0 bridgehead atoms. The van der Waals surface area contributed by atoms with E-state index in [0.29, 0.717) is 5.82 Å². The molecule has 5 heteroatoms. The number of nitrogens with two attached hydrogens (primary N) is 1. The lowest BCUT2D eigenvalue weighted by Crippen LogP contribution is -1.84. The highest BCUT2D eigenvalue weighted by atomic mass is 15.2. The van der Waals surface area contributed by atoms with Crippen molar-refractivity contribution in [1.29, 1.82) is 0 Å². The molecule has 0 amide bonds. The van der Waals surface area contributed by atoms with Crippen LogP contribution < -0.4 is 5.73 Å². The third-order valence-electron chi connectivity index (χ3n) is 2.66. The Kier molecular flexibility index (Phi) is 1.41. The predicted octanol–water partition coefficient (Wildman–Crippen LogP) is 0.871. The van der Waals surface area contributed by atoms with Gasteiger partial charge in [0.25, 0.3) is 0 Å². The molecular weight excluding hydrogens is 178 g/mol. The highest BCUT2D eigenvalue weighted by Crippen LogP contribution is 2.29. The Morgan fingerprint density at radius 3 is 2.93 bits per heavy atom. The van der Waals surface area contributed by atoms with Crippen molar-refractivity contribution < 1.29 is 0 Å². The third-order valence-corrected chi connectivity index (χ3v) is 2.66. The average Bonchev–Trinajstić information content (AvgIpc) is 2.77. The molecule has 0 saturated carbocycles. The Hall–Kier alpha value is -1.78. The van der Waals surface area contributed by atoms with Crippen molar-refractivity contribution in [1.82, 2.24) is 20.4 Å². The molecule has 14 heavy (non-hydrogen) atoms. The Labute approximate surface area is 80.7 Å². The maximum absolute atomic E-state index is 5.55. The zero-order chi connectivity index (χ0) is 9.54. The summed E-state index contributed by atoms with van der Waals surface area (Å²) in [6.45, 7) is 0. The van der Waals surface area contributed by atoms with Crippen LogP contribution in [0.25, 0.3) is 11.4 Å². The number of aromatic nitrogens is 4. The van der Waals surface area contributed by atoms with Crippen LogP contribution in [0.5, 0.6) is 0 Å². The summed E-state index contributed by atoms with van der Waals surface area (Å²) in [4.78, 5) is 0. The van der Waals surface area contributed by atoms with Gasteiger partial charge in [-0.15, -0.1) is 0 Å². The van der Waals surface area contributed by atoms with Crippen LogP contribution in [0.3, 0.4) is 0 Å². The van der Waals surface area contributed by atoms with E-state index >= 15 is 0 Å². The molecule has 1 aliphatic carbocycles. The highest BCUT2D eigenvalue weighted by molar-refractivity contribution is 5.63. The van der Waals surface area contributed by atoms with E-state index < -0.39 is 0 Å². The van der Waals surface area contributed by atoms with Crippen LogP contribution in [0.4, 0.5) is 5.82 Å². The summed E-state index contributed by atoms with van der Waals surface area (Å²) in [6, 6.07) is 1.81. The molecule has 1 aliphatic rings. The monoisotopic (exact) mass is 189 g/mol. The lowest BCUT2D eigenvalue weighted by Gasteiger charge is -1.93. The highest BCUT2D eigenvalue weighted by Gasteiger charge is 2.20. The van der Waals surface area contributed by atoms with E-state index in [9.17, 15) is 0 Å². The van der Waals surface area contributed by atoms with Gasteiger partial charge in [0.05, 0.1) is 5.69 Å². The number of rotatable bonds is 1. The van der Waals surface area contributed by atoms with Crippen molar-refractivity contribution in [3.05, 3.63) is 17.3 Å². The van der Waals surface area contributed by atoms with Gasteiger partial charge in [-0.1, -0.05) is 0 Å². The quantitative estimate of drug-likeness (QED) is 0.622. The molecule has 0 fully saturated rings. The van der Waals surface area contributed by atoms with Gasteiger partial charge < -0.3 is 5.73 Å². The minimum atomic E-state index is 0.509. The zero-order valence-electron chi connectivity index (χ0n) is 7.67. The van der Waals surface area contributed by atoms with Crippen molar-refractivity contribution in [3.8, 4) is 11.4 Å². The molecular formula is C9H11N5. The summed E-state index contributed by atoms with van der Waals surface area (Å²) in [5, 5.41) is 14.1. The van der Waals surface area contributed by atoms with Crippen molar-refractivity contribution in [2.45, 2.75) is 19.3 Å². The number of nitrogens with one attached hydrogen (secondary N) is 2. The second kappa shape index (κ2) is 2.60. The van der Waals surface area contributed by atoms with Gasteiger partial charge in [-0.2, -0.15) is 10.2 Å². The summed E-state index contributed by atoms with van der Waals surface area (Å²) in [6.07, 6.45) is 3.41. The lowest BCUT2D eigenvalue weighted by molar-refractivity contribution is 0.865. The van der Waals surface area contributed by atoms with Crippen LogP contribution >= 0.6 is 0 Å². The number of H-pyrrole nitrogens is 2. The fraction of sp³-hybridized carbons (Fsp3) is 0.333. The number of hydrogen-bond donors (Lipinski definition) is 3. The van der Waals surface area contributed by atoms with E-state index in [1.807, 2.05) is 6.07 Å². The Bertz CT molecular complexity index is 467. The topological polar surface area (TPSA) is 83.4 Å². The molecule has 2 aromatic heterocycles. The van der Waals surface area contributed by atoms with Gasteiger partial charge >= 0.3 is 0 Å². The number of fused-ring (bicyclic) bond motifs is 1. The summed E-state index contributed by atoms with van der Waals surface area (Å²) < 4.78 is 0. The standard InChI is InChI=1S/C9H11N5/c10-8-4-7(12-13-8)9-5-2-1-3-6(5)11-14-9/h4H,1-3H2,(H,11,14)(H3,10,12,13). The predicted molar refractivity (Wildman–Crippen MR) is 52.6 cm³/mol. The largest absolute Gasteiger partial charge is 0.382 e. The molecule has 3 rings (SSSR count). The number of nitrogens with zero attached hydrogens (tertiary/aromatic N) is 2. The number of hydrogen-bond acceptors (Lipinski definition) is 3. The van der Waals surface area contributed by atoms with Crippen LogP contribution in [0.1, 0.15) is 17.7 Å². The van der Waals surface area contributed by atoms with Gasteiger partial charge in [0.1, 0.15) is 11.5 Å². The molecule has 5 nitrogen and oxygen atoms in total. The number of nitrogen functional groups attached to an aromatic ring is 1. The molecule has 0 unspecified atom stereocenters. The zero-order valence-corrected chi connectivity index (χ0v) is 7.67. The Morgan fingerprint density at radius 1 is 1.21 bits per heavy atom.